The molecule has 0 unspecified atom stereocenters. The molecule has 0 fully saturated rings. The third-order valence-corrected chi connectivity index (χ3v) is 2.93. The molecule has 0 saturated heterocycles. The lowest BCUT2D eigenvalue weighted by molar-refractivity contribution is 0.603. The molecule has 0 aliphatic heterocycles. The molecule has 4 nitrogen and oxygen atoms in total. The van der Waals surface area contributed by atoms with Gasteiger partial charge in [-0.2, -0.15) is 5.10 Å². The zero-order chi connectivity index (χ0) is 12.4. The zero-order valence-corrected chi connectivity index (χ0v) is 11.0. The number of halogens is 1. The molecular weight excluding hydrogens is 236 g/mol. The van der Waals surface area contributed by atoms with Gasteiger partial charge in [0.05, 0.1) is 11.9 Å². The van der Waals surface area contributed by atoms with Crippen molar-refractivity contribution in [1.29, 1.82) is 0 Å². The average Bonchev–Trinajstić information content (AvgIpc) is 2.72. The van der Waals surface area contributed by atoms with E-state index in [4.69, 9.17) is 11.6 Å². The van der Waals surface area contributed by atoms with Crippen LogP contribution in [0.2, 0.25) is 5.15 Å². The van der Waals surface area contributed by atoms with Crippen molar-refractivity contribution in [3.63, 3.8) is 0 Å². The third kappa shape index (κ3) is 2.47. The maximum Gasteiger partial charge on any atom is 0.136 e. The molecule has 2 aromatic rings. The summed E-state index contributed by atoms with van der Waals surface area (Å²) in [6.45, 7) is 6.80. The predicted molar refractivity (Wildman–Crippen MR) is 68.0 cm³/mol. The third-order valence-electron chi connectivity index (χ3n) is 2.56. The predicted octanol–water partition coefficient (Wildman–Crippen LogP) is 3.02. The van der Waals surface area contributed by atoms with E-state index in [2.05, 4.69) is 22.0 Å². The number of aromatic nitrogens is 4. The van der Waals surface area contributed by atoms with Crippen LogP contribution in [-0.4, -0.2) is 19.7 Å². The highest BCUT2D eigenvalue weighted by atomic mass is 35.5. The van der Waals surface area contributed by atoms with Gasteiger partial charge in [0.15, 0.2) is 0 Å². The summed E-state index contributed by atoms with van der Waals surface area (Å²) in [5.41, 5.74) is 2.75. The molecule has 0 N–H and O–H groups in total. The minimum Gasteiger partial charge on any atom is -0.272 e. The van der Waals surface area contributed by atoms with Crippen LogP contribution in [0.4, 0.5) is 0 Å². The summed E-state index contributed by atoms with van der Waals surface area (Å²) in [7, 11) is 0. The molecule has 2 rings (SSSR count). The Kier molecular flexibility index (Phi) is 3.43. The summed E-state index contributed by atoms with van der Waals surface area (Å²) in [5, 5.41) is 4.81. The minimum atomic E-state index is 0.510. The van der Waals surface area contributed by atoms with Gasteiger partial charge < -0.3 is 0 Å². The topological polar surface area (TPSA) is 43.6 Å². The first kappa shape index (κ1) is 12.0. The molecular formula is C12H15ClN4. The van der Waals surface area contributed by atoms with Gasteiger partial charge in [-0.3, -0.25) is 4.68 Å². The molecule has 0 saturated carbocycles. The average molecular weight is 251 g/mol. The standard InChI is InChI=1S/C12H15ClN4/c1-4-5-17-7-10(6-14-17)11-8(2)12(13)16-9(3)15-11/h6-7H,4-5H2,1-3H3. The van der Waals surface area contributed by atoms with E-state index in [0.29, 0.717) is 11.0 Å². The van der Waals surface area contributed by atoms with E-state index in [1.54, 1.807) is 0 Å². The van der Waals surface area contributed by atoms with Crippen molar-refractivity contribution in [1.82, 2.24) is 19.7 Å². The van der Waals surface area contributed by atoms with Crippen molar-refractivity contribution >= 4 is 11.6 Å². The molecule has 90 valence electrons. The van der Waals surface area contributed by atoms with Crippen molar-refractivity contribution in [3.8, 4) is 11.3 Å². The van der Waals surface area contributed by atoms with E-state index in [-0.39, 0.29) is 0 Å². The van der Waals surface area contributed by atoms with E-state index in [1.807, 2.05) is 30.9 Å². The number of nitrogens with zero attached hydrogens (tertiary/aromatic N) is 4. The van der Waals surface area contributed by atoms with Crippen LogP contribution in [-0.2, 0) is 6.54 Å². The van der Waals surface area contributed by atoms with Crippen molar-refractivity contribution in [2.24, 2.45) is 0 Å². The van der Waals surface area contributed by atoms with Crippen LogP contribution >= 0.6 is 11.6 Å². The Bertz CT molecular complexity index is 533. The van der Waals surface area contributed by atoms with Crippen LogP contribution < -0.4 is 0 Å². The Morgan fingerprint density at radius 2 is 2.06 bits per heavy atom. The highest BCUT2D eigenvalue weighted by molar-refractivity contribution is 6.30. The summed E-state index contributed by atoms with van der Waals surface area (Å²) in [4.78, 5) is 8.56. The first-order valence-electron chi connectivity index (χ1n) is 5.65. The highest BCUT2D eigenvalue weighted by Gasteiger charge is 2.11. The van der Waals surface area contributed by atoms with Gasteiger partial charge in [0.2, 0.25) is 0 Å². The Morgan fingerprint density at radius 1 is 1.29 bits per heavy atom. The van der Waals surface area contributed by atoms with Crippen molar-refractivity contribution in [2.45, 2.75) is 33.7 Å². The molecule has 0 radical (unpaired) electrons. The highest BCUT2D eigenvalue weighted by Crippen LogP contribution is 2.25. The van der Waals surface area contributed by atoms with Gasteiger partial charge in [0.25, 0.3) is 0 Å². The molecule has 0 bridgehead atoms. The molecule has 17 heavy (non-hydrogen) atoms. The van der Waals surface area contributed by atoms with Crippen LogP contribution in [0.5, 0.6) is 0 Å². The van der Waals surface area contributed by atoms with Crippen molar-refractivity contribution in [3.05, 3.63) is 28.9 Å². The van der Waals surface area contributed by atoms with Gasteiger partial charge in [-0.15, -0.1) is 0 Å². The Balaban J connectivity index is 2.44. The van der Waals surface area contributed by atoms with Crippen LogP contribution in [0.25, 0.3) is 11.3 Å². The maximum absolute atomic E-state index is 6.06. The van der Waals surface area contributed by atoms with Crippen LogP contribution in [0.1, 0.15) is 24.7 Å². The van der Waals surface area contributed by atoms with E-state index >= 15 is 0 Å². The maximum atomic E-state index is 6.06. The van der Waals surface area contributed by atoms with E-state index < -0.39 is 0 Å². The second kappa shape index (κ2) is 4.84. The second-order valence-electron chi connectivity index (χ2n) is 4.03. The molecule has 0 aliphatic carbocycles. The smallest absolute Gasteiger partial charge is 0.136 e. The molecule has 2 heterocycles. The van der Waals surface area contributed by atoms with E-state index in [0.717, 1.165) is 29.8 Å². The Hall–Kier alpha value is -1.42. The zero-order valence-electron chi connectivity index (χ0n) is 10.2. The Morgan fingerprint density at radius 3 is 2.76 bits per heavy atom. The van der Waals surface area contributed by atoms with E-state index in [1.165, 1.54) is 0 Å². The van der Waals surface area contributed by atoms with Gasteiger partial charge in [-0.25, -0.2) is 9.97 Å². The first-order valence-corrected chi connectivity index (χ1v) is 6.03. The van der Waals surface area contributed by atoms with E-state index in [9.17, 15) is 0 Å². The lowest BCUT2D eigenvalue weighted by Gasteiger charge is -2.05. The van der Waals surface area contributed by atoms with Crippen LogP contribution in [0, 0.1) is 13.8 Å². The van der Waals surface area contributed by atoms with Gasteiger partial charge in [0, 0.05) is 23.9 Å². The monoisotopic (exact) mass is 250 g/mol. The van der Waals surface area contributed by atoms with Crippen LogP contribution in [0.15, 0.2) is 12.4 Å². The largest absolute Gasteiger partial charge is 0.272 e. The van der Waals surface area contributed by atoms with Gasteiger partial charge in [-0.1, -0.05) is 18.5 Å². The summed E-state index contributed by atoms with van der Waals surface area (Å²) in [5.74, 6) is 0.679. The molecule has 0 aromatic carbocycles. The number of hydrogen-bond donors (Lipinski definition) is 0. The molecule has 0 spiro atoms. The van der Waals surface area contributed by atoms with Crippen molar-refractivity contribution < 1.29 is 0 Å². The summed E-state index contributed by atoms with van der Waals surface area (Å²) in [6, 6.07) is 0. The lowest BCUT2D eigenvalue weighted by Crippen LogP contribution is -1.97. The van der Waals surface area contributed by atoms with Gasteiger partial charge >= 0.3 is 0 Å². The second-order valence-corrected chi connectivity index (χ2v) is 4.39. The SMILES string of the molecule is CCCn1cc(-c2nc(C)nc(Cl)c2C)cn1. The molecule has 5 heteroatoms. The quantitative estimate of drug-likeness (QED) is 0.787. The first-order chi connectivity index (χ1) is 8.11. The van der Waals surface area contributed by atoms with Crippen molar-refractivity contribution in [2.75, 3.05) is 0 Å². The fraction of sp³-hybridized carbons (Fsp3) is 0.417. The molecule has 0 aliphatic rings. The number of rotatable bonds is 3. The normalized spacial score (nSPS) is 10.8. The fourth-order valence-electron chi connectivity index (χ4n) is 1.71. The van der Waals surface area contributed by atoms with Gasteiger partial charge in [0.1, 0.15) is 11.0 Å². The minimum absolute atomic E-state index is 0.510. The number of aryl methyl sites for hydroxylation is 2. The summed E-state index contributed by atoms with van der Waals surface area (Å²) in [6.07, 6.45) is 4.87. The summed E-state index contributed by atoms with van der Waals surface area (Å²) >= 11 is 6.06. The Labute approximate surface area is 106 Å². The fourth-order valence-corrected chi connectivity index (χ4v) is 1.92. The molecule has 0 atom stereocenters. The number of hydrogen-bond acceptors (Lipinski definition) is 3. The van der Waals surface area contributed by atoms with Crippen LogP contribution in [0.3, 0.4) is 0 Å². The molecule has 0 amide bonds. The molecule has 2 aromatic heterocycles. The van der Waals surface area contributed by atoms with Gasteiger partial charge in [-0.05, 0) is 20.3 Å². The summed E-state index contributed by atoms with van der Waals surface area (Å²) < 4.78 is 1.92. The lowest BCUT2D eigenvalue weighted by atomic mass is 10.1.